The molecule has 0 radical (unpaired) electrons. The summed E-state index contributed by atoms with van der Waals surface area (Å²) in [6, 6.07) is 7.89. The molecule has 2 aliphatic rings. The van der Waals surface area contributed by atoms with Crippen molar-refractivity contribution in [2.45, 2.75) is 31.6 Å². The number of nitrogens with zero attached hydrogens (tertiary/aromatic N) is 1. The molecular weight excluding hydrogens is 348 g/mol. The number of hydrogen-bond acceptors (Lipinski definition) is 4. The summed E-state index contributed by atoms with van der Waals surface area (Å²) >= 11 is 0. The molecule has 27 heavy (non-hydrogen) atoms. The molecule has 7 nitrogen and oxygen atoms in total. The number of carboxylic acids is 1. The summed E-state index contributed by atoms with van der Waals surface area (Å²) in [5, 5.41) is 12.2. The van der Waals surface area contributed by atoms with Gasteiger partial charge in [-0.25, -0.2) is 4.79 Å². The van der Waals surface area contributed by atoms with Crippen molar-refractivity contribution in [1.82, 2.24) is 10.2 Å². The van der Waals surface area contributed by atoms with Crippen LogP contribution < -0.4 is 10.1 Å². The number of urea groups is 1. The first kappa shape index (κ1) is 19.5. The van der Waals surface area contributed by atoms with Crippen molar-refractivity contribution in [3.63, 3.8) is 0 Å². The van der Waals surface area contributed by atoms with Crippen LogP contribution in [-0.4, -0.2) is 61.5 Å². The third-order valence-electron chi connectivity index (χ3n) is 5.63. The lowest BCUT2D eigenvalue weighted by Gasteiger charge is -2.38. The normalized spacial score (nSPS) is 21.7. The van der Waals surface area contributed by atoms with E-state index in [-0.39, 0.29) is 18.0 Å². The minimum absolute atomic E-state index is 0.176. The zero-order chi connectivity index (χ0) is 19.3. The van der Waals surface area contributed by atoms with Crippen LogP contribution in [0.15, 0.2) is 24.3 Å². The zero-order valence-corrected chi connectivity index (χ0v) is 15.8. The molecule has 0 aliphatic carbocycles. The van der Waals surface area contributed by atoms with Gasteiger partial charge in [0.1, 0.15) is 5.75 Å². The molecule has 0 saturated carbocycles. The maximum atomic E-state index is 12.5. The van der Waals surface area contributed by atoms with E-state index in [9.17, 15) is 9.59 Å². The van der Waals surface area contributed by atoms with Gasteiger partial charge in [-0.3, -0.25) is 4.79 Å². The fourth-order valence-corrected chi connectivity index (χ4v) is 3.90. The van der Waals surface area contributed by atoms with Crippen molar-refractivity contribution in [3.05, 3.63) is 29.8 Å². The lowest BCUT2D eigenvalue weighted by atomic mass is 9.74. The third kappa shape index (κ3) is 4.53. The SMILES string of the molecule is CCOc1ccc(C2(CNC(=O)N3CCC(C(=O)O)C3)CCOCC2)cc1. The van der Waals surface area contributed by atoms with Gasteiger partial charge in [0.15, 0.2) is 0 Å². The Bertz CT molecular complexity index is 655. The smallest absolute Gasteiger partial charge is 0.317 e. The molecule has 0 bridgehead atoms. The van der Waals surface area contributed by atoms with E-state index < -0.39 is 11.9 Å². The van der Waals surface area contributed by atoms with Crippen LogP contribution in [0.1, 0.15) is 31.7 Å². The summed E-state index contributed by atoms with van der Waals surface area (Å²) in [4.78, 5) is 25.2. The van der Waals surface area contributed by atoms with Gasteiger partial charge in [0, 0.05) is 38.3 Å². The second-order valence-electron chi connectivity index (χ2n) is 7.28. The van der Waals surface area contributed by atoms with E-state index in [1.807, 2.05) is 19.1 Å². The average Bonchev–Trinajstić information content (AvgIpc) is 3.18. The predicted molar refractivity (Wildman–Crippen MR) is 100 cm³/mol. The molecule has 2 amide bonds. The van der Waals surface area contributed by atoms with E-state index in [0.29, 0.717) is 39.3 Å². The highest BCUT2D eigenvalue weighted by Crippen LogP contribution is 2.35. The minimum Gasteiger partial charge on any atom is -0.494 e. The van der Waals surface area contributed by atoms with Crippen LogP contribution in [0.5, 0.6) is 5.75 Å². The highest BCUT2D eigenvalue weighted by Gasteiger charge is 2.36. The van der Waals surface area contributed by atoms with Gasteiger partial charge in [-0.1, -0.05) is 12.1 Å². The Kier molecular flexibility index (Phi) is 6.21. The van der Waals surface area contributed by atoms with Crippen LogP contribution in [0.25, 0.3) is 0 Å². The fourth-order valence-electron chi connectivity index (χ4n) is 3.90. The Morgan fingerprint density at radius 3 is 2.59 bits per heavy atom. The van der Waals surface area contributed by atoms with E-state index in [4.69, 9.17) is 14.6 Å². The monoisotopic (exact) mass is 376 g/mol. The molecular formula is C20H28N2O5. The second-order valence-corrected chi connectivity index (χ2v) is 7.28. The van der Waals surface area contributed by atoms with E-state index in [0.717, 1.165) is 18.6 Å². The van der Waals surface area contributed by atoms with Gasteiger partial charge >= 0.3 is 12.0 Å². The topological polar surface area (TPSA) is 88.1 Å². The number of aliphatic carboxylic acids is 1. The number of benzene rings is 1. The summed E-state index contributed by atoms with van der Waals surface area (Å²) in [5.41, 5.74) is 0.990. The third-order valence-corrected chi connectivity index (χ3v) is 5.63. The van der Waals surface area contributed by atoms with E-state index in [1.54, 1.807) is 4.90 Å². The van der Waals surface area contributed by atoms with Gasteiger partial charge in [-0.05, 0) is 43.9 Å². The van der Waals surface area contributed by atoms with E-state index in [2.05, 4.69) is 17.4 Å². The Morgan fingerprint density at radius 2 is 2.00 bits per heavy atom. The number of amides is 2. The van der Waals surface area contributed by atoms with Crippen LogP contribution in [0.4, 0.5) is 4.79 Å². The van der Waals surface area contributed by atoms with E-state index >= 15 is 0 Å². The van der Waals surface area contributed by atoms with Crippen molar-refractivity contribution in [1.29, 1.82) is 0 Å². The number of nitrogens with one attached hydrogen (secondary N) is 1. The van der Waals surface area contributed by atoms with Crippen molar-refractivity contribution < 1.29 is 24.2 Å². The highest BCUT2D eigenvalue weighted by atomic mass is 16.5. The molecule has 1 aromatic carbocycles. The lowest BCUT2D eigenvalue weighted by molar-refractivity contribution is -0.141. The first-order valence-electron chi connectivity index (χ1n) is 9.61. The Labute approximate surface area is 159 Å². The summed E-state index contributed by atoms with van der Waals surface area (Å²) in [7, 11) is 0. The average molecular weight is 376 g/mol. The molecule has 2 heterocycles. The van der Waals surface area contributed by atoms with Crippen LogP contribution in [-0.2, 0) is 14.9 Å². The summed E-state index contributed by atoms with van der Waals surface area (Å²) in [6.07, 6.45) is 2.18. The molecule has 1 aromatic rings. The molecule has 7 heteroatoms. The van der Waals surface area contributed by atoms with Crippen LogP contribution >= 0.6 is 0 Å². The Hall–Kier alpha value is -2.28. The zero-order valence-electron chi connectivity index (χ0n) is 15.8. The molecule has 2 N–H and O–H groups in total. The number of carbonyl (C=O) groups excluding carboxylic acids is 1. The van der Waals surface area contributed by atoms with Gasteiger partial charge < -0.3 is 24.8 Å². The molecule has 1 unspecified atom stereocenters. The van der Waals surface area contributed by atoms with E-state index in [1.165, 1.54) is 5.56 Å². The van der Waals surface area contributed by atoms with Crippen LogP contribution in [0.3, 0.4) is 0 Å². The summed E-state index contributed by atoms with van der Waals surface area (Å²) < 4.78 is 11.1. The largest absolute Gasteiger partial charge is 0.494 e. The summed E-state index contributed by atoms with van der Waals surface area (Å²) in [6.45, 7) is 5.18. The maximum Gasteiger partial charge on any atom is 0.317 e. The van der Waals surface area contributed by atoms with Gasteiger partial charge in [0.25, 0.3) is 0 Å². The first-order valence-corrected chi connectivity index (χ1v) is 9.61. The number of ether oxygens (including phenoxy) is 2. The summed E-state index contributed by atoms with van der Waals surface area (Å²) in [5.74, 6) is -0.455. The number of hydrogen-bond donors (Lipinski definition) is 2. The fraction of sp³-hybridized carbons (Fsp3) is 0.600. The molecule has 1 atom stereocenters. The van der Waals surface area contributed by atoms with Gasteiger partial charge in [0.05, 0.1) is 12.5 Å². The standard InChI is InChI=1S/C20H28N2O5/c1-2-27-17-5-3-16(4-6-17)20(8-11-26-12-9-20)14-21-19(25)22-10-7-15(13-22)18(23)24/h3-6,15H,2,7-14H2,1H3,(H,21,25)(H,23,24). The minimum atomic E-state index is -0.833. The quantitative estimate of drug-likeness (QED) is 0.795. The molecule has 148 valence electrons. The Balaban J connectivity index is 1.66. The number of rotatable bonds is 6. The second kappa shape index (κ2) is 8.61. The van der Waals surface area contributed by atoms with Gasteiger partial charge in [-0.15, -0.1) is 0 Å². The van der Waals surface area contributed by atoms with Crippen molar-refractivity contribution >= 4 is 12.0 Å². The van der Waals surface area contributed by atoms with Crippen molar-refractivity contribution in [3.8, 4) is 5.75 Å². The van der Waals surface area contributed by atoms with Gasteiger partial charge in [0.2, 0.25) is 0 Å². The molecule has 2 saturated heterocycles. The number of carbonyl (C=O) groups is 2. The lowest BCUT2D eigenvalue weighted by Crippen LogP contribution is -2.48. The predicted octanol–water partition coefficient (Wildman–Crippen LogP) is 2.25. The number of likely N-dealkylation sites (tertiary alicyclic amines) is 1. The first-order chi connectivity index (χ1) is 13.0. The van der Waals surface area contributed by atoms with Crippen molar-refractivity contribution in [2.75, 3.05) is 39.5 Å². The van der Waals surface area contributed by atoms with Crippen LogP contribution in [0.2, 0.25) is 0 Å². The molecule has 3 rings (SSSR count). The van der Waals surface area contributed by atoms with Crippen LogP contribution in [0, 0.1) is 5.92 Å². The Morgan fingerprint density at radius 1 is 1.30 bits per heavy atom. The molecule has 2 aliphatic heterocycles. The number of carboxylic acid groups (broad SMARTS) is 1. The molecule has 0 aromatic heterocycles. The molecule has 0 spiro atoms. The molecule has 2 fully saturated rings. The maximum absolute atomic E-state index is 12.5. The van der Waals surface area contributed by atoms with Crippen molar-refractivity contribution in [2.24, 2.45) is 5.92 Å². The highest BCUT2D eigenvalue weighted by molar-refractivity contribution is 5.77. The van der Waals surface area contributed by atoms with Gasteiger partial charge in [-0.2, -0.15) is 0 Å².